The number of hydrogen-bond donors (Lipinski definition) is 0. The van der Waals surface area contributed by atoms with E-state index < -0.39 is 5.91 Å². The van der Waals surface area contributed by atoms with Gasteiger partial charge in [0.1, 0.15) is 6.29 Å². The highest BCUT2D eigenvalue weighted by atomic mass is 16.2. The Kier molecular flexibility index (Phi) is 2.45. The summed E-state index contributed by atoms with van der Waals surface area (Å²) >= 11 is 0. The normalized spacial score (nSPS) is 13.6. The molecule has 0 N–H and O–H groups in total. The van der Waals surface area contributed by atoms with Crippen LogP contribution in [0.25, 0.3) is 0 Å². The van der Waals surface area contributed by atoms with Crippen molar-refractivity contribution < 1.29 is 14.4 Å². The lowest BCUT2D eigenvalue weighted by atomic mass is 10.2. The lowest BCUT2D eigenvalue weighted by Gasteiger charge is -2.13. The molecule has 1 aliphatic heterocycles. The molecule has 19 heavy (non-hydrogen) atoms. The van der Waals surface area contributed by atoms with E-state index in [-0.39, 0.29) is 5.91 Å². The summed E-state index contributed by atoms with van der Waals surface area (Å²) in [6.45, 7) is 0. The van der Waals surface area contributed by atoms with Crippen molar-refractivity contribution in [3.8, 4) is 0 Å². The maximum Gasteiger partial charge on any atom is 0.267 e. The van der Waals surface area contributed by atoms with E-state index in [1.807, 2.05) is 0 Å². The molecular formula is C14H8N2O3. The van der Waals surface area contributed by atoms with E-state index in [9.17, 15) is 14.4 Å². The molecule has 1 aliphatic rings. The molecule has 5 nitrogen and oxygen atoms in total. The minimum atomic E-state index is -0.396. The predicted molar refractivity (Wildman–Crippen MR) is 67.2 cm³/mol. The highest BCUT2D eigenvalue weighted by Gasteiger charge is 2.36. The Morgan fingerprint density at radius 1 is 0.947 bits per heavy atom. The topological polar surface area (TPSA) is 67.3 Å². The first-order valence-electron chi connectivity index (χ1n) is 5.60. The molecular weight excluding hydrogens is 244 g/mol. The number of anilines is 1. The van der Waals surface area contributed by atoms with E-state index in [4.69, 9.17) is 0 Å². The maximum atomic E-state index is 12.2. The van der Waals surface area contributed by atoms with E-state index in [0.29, 0.717) is 28.7 Å². The van der Waals surface area contributed by atoms with Gasteiger partial charge in [0.15, 0.2) is 0 Å². The van der Waals surface area contributed by atoms with E-state index in [1.165, 1.54) is 18.5 Å². The summed E-state index contributed by atoms with van der Waals surface area (Å²) in [6.07, 6.45) is 3.56. The molecule has 2 heterocycles. The Balaban J connectivity index is 2.06. The zero-order valence-corrected chi connectivity index (χ0v) is 9.74. The number of fused-ring (bicyclic) bond motifs is 1. The number of amides is 2. The average molecular weight is 252 g/mol. The van der Waals surface area contributed by atoms with Crippen LogP contribution in [0.1, 0.15) is 31.1 Å². The summed E-state index contributed by atoms with van der Waals surface area (Å²) in [6, 6.07) is 7.78. The first-order chi connectivity index (χ1) is 9.22. The number of aldehydes is 1. The van der Waals surface area contributed by atoms with E-state index in [0.717, 1.165) is 4.90 Å². The Hall–Kier alpha value is -2.82. The fraction of sp³-hybridized carbons (Fsp3) is 0. The second kappa shape index (κ2) is 4.13. The van der Waals surface area contributed by atoms with Crippen molar-refractivity contribution in [2.24, 2.45) is 0 Å². The molecule has 0 aliphatic carbocycles. The van der Waals surface area contributed by atoms with Gasteiger partial charge in [-0.1, -0.05) is 0 Å². The van der Waals surface area contributed by atoms with E-state index in [1.54, 1.807) is 24.3 Å². The van der Waals surface area contributed by atoms with Crippen molar-refractivity contribution >= 4 is 23.8 Å². The van der Waals surface area contributed by atoms with Crippen LogP contribution in [-0.2, 0) is 0 Å². The van der Waals surface area contributed by atoms with Gasteiger partial charge in [-0.15, -0.1) is 0 Å². The van der Waals surface area contributed by atoms with Crippen LogP contribution in [0, 0.1) is 0 Å². The van der Waals surface area contributed by atoms with Crippen LogP contribution in [0.15, 0.2) is 42.7 Å². The van der Waals surface area contributed by atoms with Crippen molar-refractivity contribution in [1.82, 2.24) is 4.98 Å². The van der Waals surface area contributed by atoms with Crippen LogP contribution < -0.4 is 4.90 Å². The molecule has 0 spiro atoms. The van der Waals surface area contributed by atoms with Gasteiger partial charge in [-0.3, -0.25) is 19.4 Å². The minimum Gasteiger partial charge on any atom is -0.298 e. The molecule has 5 heteroatoms. The summed E-state index contributed by atoms with van der Waals surface area (Å²) in [7, 11) is 0. The number of imide groups is 1. The van der Waals surface area contributed by atoms with Gasteiger partial charge in [-0.25, -0.2) is 4.90 Å². The molecule has 1 aromatic carbocycles. The smallest absolute Gasteiger partial charge is 0.267 e. The van der Waals surface area contributed by atoms with Crippen LogP contribution in [0.2, 0.25) is 0 Å². The first kappa shape index (κ1) is 11.3. The molecule has 0 saturated carbocycles. The van der Waals surface area contributed by atoms with Gasteiger partial charge < -0.3 is 0 Å². The van der Waals surface area contributed by atoms with E-state index >= 15 is 0 Å². The number of aromatic nitrogens is 1. The van der Waals surface area contributed by atoms with Crippen molar-refractivity contribution in [2.45, 2.75) is 0 Å². The summed E-state index contributed by atoms with van der Waals surface area (Å²) < 4.78 is 0. The van der Waals surface area contributed by atoms with Crippen LogP contribution in [0.4, 0.5) is 5.69 Å². The molecule has 0 unspecified atom stereocenters. The number of nitrogens with zero attached hydrogens (tertiary/aromatic N) is 2. The molecule has 92 valence electrons. The number of benzene rings is 1. The number of carbonyl (C=O) groups is 3. The van der Waals surface area contributed by atoms with Gasteiger partial charge in [0.25, 0.3) is 11.8 Å². The highest BCUT2D eigenvalue weighted by Crippen LogP contribution is 2.27. The van der Waals surface area contributed by atoms with Crippen molar-refractivity contribution in [2.75, 3.05) is 4.90 Å². The van der Waals surface area contributed by atoms with Gasteiger partial charge in [-0.2, -0.15) is 0 Å². The first-order valence-corrected chi connectivity index (χ1v) is 5.60. The quantitative estimate of drug-likeness (QED) is 0.602. The predicted octanol–water partition coefficient (Wildman–Crippen LogP) is 1.69. The molecule has 2 aromatic rings. The molecule has 0 saturated heterocycles. The maximum absolute atomic E-state index is 12.2. The van der Waals surface area contributed by atoms with E-state index in [2.05, 4.69) is 4.98 Å². The molecule has 1 aromatic heterocycles. The molecule has 2 amide bonds. The largest absolute Gasteiger partial charge is 0.298 e. The third-order valence-electron chi connectivity index (χ3n) is 2.98. The lowest BCUT2D eigenvalue weighted by Crippen LogP contribution is -2.29. The summed E-state index contributed by atoms with van der Waals surface area (Å²) in [4.78, 5) is 39.9. The molecule has 3 rings (SSSR count). The van der Waals surface area contributed by atoms with Crippen LogP contribution in [0.5, 0.6) is 0 Å². The second-order valence-corrected chi connectivity index (χ2v) is 4.08. The number of carbonyl (C=O) groups excluding carboxylic acids is 3. The summed E-state index contributed by atoms with van der Waals surface area (Å²) in [5.41, 5.74) is 1.57. The number of pyridine rings is 1. The standard InChI is InChI=1S/C14H8N2O3/c17-8-9-1-3-10(4-2-9)16-13(18)11-5-6-15-7-12(11)14(16)19/h1-8H. The summed E-state index contributed by atoms with van der Waals surface area (Å²) in [5.74, 6) is -0.770. The van der Waals surface area contributed by atoms with Crippen LogP contribution in [-0.4, -0.2) is 23.1 Å². The van der Waals surface area contributed by atoms with Crippen molar-refractivity contribution in [1.29, 1.82) is 0 Å². The lowest BCUT2D eigenvalue weighted by molar-refractivity contribution is 0.0925. The average Bonchev–Trinajstić information content (AvgIpc) is 2.72. The fourth-order valence-electron chi connectivity index (χ4n) is 2.02. The monoisotopic (exact) mass is 252 g/mol. The third kappa shape index (κ3) is 1.63. The Morgan fingerprint density at radius 2 is 1.63 bits per heavy atom. The minimum absolute atomic E-state index is 0.298. The summed E-state index contributed by atoms with van der Waals surface area (Å²) in [5, 5.41) is 0. The Labute approximate surface area is 108 Å². The van der Waals surface area contributed by atoms with Gasteiger partial charge in [0.05, 0.1) is 16.8 Å². The van der Waals surface area contributed by atoms with Gasteiger partial charge >= 0.3 is 0 Å². The van der Waals surface area contributed by atoms with Crippen LogP contribution >= 0.6 is 0 Å². The fourth-order valence-corrected chi connectivity index (χ4v) is 2.02. The molecule has 0 fully saturated rings. The SMILES string of the molecule is O=Cc1ccc(N2C(=O)c3ccncc3C2=O)cc1. The van der Waals surface area contributed by atoms with Gasteiger partial charge in [0.2, 0.25) is 0 Å². The molecule has 0 atom stereocenters. The van der Waals surface area contributed by atoms with Crippen molar-refractivity contribution in [3.63, 3.8) is 0 Å². The zero-order chi connectivity index (χ0) is 13.4. The van der Waals surface area contributed by atoms with Crippen LogP contribution in [0.3, 0.4) is 0 Å². The molecule has 0 radical (unpaired) electrons. The molecule has 0 bridgehead atoms. The Bertz CT molecular complexity index is 657. The highest BCUT2D eigenvalue weighted by molar-refractivity contribution is 6.34. The second-order valence-electron chi connectivity index (χ2n) is 4.08. The van der Waals surface area contributed by atoms with Gasteiger partial charge in [0, 0.05) is 18.0 Å². The number of hydrogen-bond acceptors (Lipinski definition) is 4. The number of rotatable bonds is 2. The Morgan fingerprint density at radius 3 is 2.26 bits per heavy atom. The third-order valence-corrected chi connectivity index (χ3v) is 2.98. The van der Waals surface area contributed by atoms with Crippen molar-refractivity contribution in [3.05, 3.63) is 59.4 Å². The zero-order valence-electron chi connectivity index (χ0n) is 9.74. The van der Waals surface area contributed by atoms with Gasteiger partial charge in [-0.05, 0) is 30.3 Å².